The fourth-order valence-electron chi connectivity index (χ4n) is 2.18. The Morgan fingerprint density at radius 2 is 1.68 bits per heavy atom. The molecule has 0 atom stereocenters. The molecule has 0 saturated carbocycles. The molecule has 6 heteroatoms. The molecule has 1 N–H and O–H groups in total. The van der Waals surface area contributed by atoms with Crippen molar-refractivity contribution in [3.63, 3.8) is 0 Å². The molecule has 0 saturated heterocycles. The highest BCUT2D eigenvalue weighted by Crippen LogP contribution is 2.23. The van der Waals surface area contributed by atoms with Crippen molar-refractivity contribution < 1.29 is 14.3 Å². The summed E-state index contributed by atoms with van der Waals surface area (Å²) < 4.78 is 6.12. The fraction of sp³-hybridized carbons (Fsp3) is 0.0526. The van der Waals surface area contributed by atoms with Crippen LogP contribution in [-0.4, -0.2) is 18.3 Å². The van der Waals surface area contributed by atoms with Crippen LogP contribution in [0.2, 0.25) is 4.34 Å². The van der Waals surface area contributed by atoms with Crippen LogP contribution < -0.4 is 10.1 Å². The maximum Gasteiger partial charge on any atom is 0.259 e. The van der Waals surface area contributed by atoms with Crippen molar-refractivity contribution in [2.45, 2.75) is 0 Å². The van der Waals surface area contributed by atoms with Gasteiger partial charge in [0, 0.05) is 5.69 Å². The van der Waals surface area contributed by atoms with Gasteiger partial charge in [0.25, 0.3) is 5.91 Å². The van der Waals surface area contributed by atoms with E-state index >= 15 is 0 Å². The molecule has 1 amide bonds. The second kappa shape index (κ2) is 7.96. The third-order valence-corrected chi connectivity index (χ3v) is 4.64. The second-order valence-corrected chi connectivity index (χ2v) is 6.85. The molecule has 0 radical (unpaired) electrons. The zero-order chi connectivity index (χ0) is 17.6. The lowest BCUT2D eigenvalue weighted by Gasteiger charge is -2.11. The van der Waals surface area contributed by atoms with Crippen molar-refractivity contribution in [3.05, 3.63) is 81.5 Å². The largest absolute Gasteiger partial charge is 0.485 e. The van der Waals surface area contributed by atoms with Gasteiger partial charge < -0.3 is 10.1 Å². The molecule has 1 aromatic heterocycles. The lowest BCUT2D eigenvalue weighted by atomic mass is 10.2. The number of carbonyl (C=O) groups is 2. The van der Waals surface area contributed by atoms with E-state index in [4.69, 9.17) is 16.3 Å². The van der Waals surface area contributed by atoms with E-state index < -0.39 is 0 Å². The Hall–Kier alpha value is -2.63. The summed E-state index contributed by atoms with van der Waals surface area (Å²) in [5.41, 5.74) is 1.05. The van der Waals surface area contributed by atoms with Crippen molar-refractivity contribution in [2.24, 2.45) is 0 Å². The van der Waals surface area contributed by atoms with Gasteiger partial charge in [0.05, 0.1) is 14.8 Å². The van der Waals surface area contributed by atoms with E-state index in [1.807, 2.05) is 18.2 Å². The number of benzene rings is 2. The highest BCUT2D eigenvalue weighted by Gasteiger charge is 2.15. The van der Waals surface area contributed by atoms with Crippen molar-refractivity contribution >= 4 is 40.3 Å². The van der Waals surface area contributed by atoms with E-state index in [-0.39, 0.29) is 18.3 Å². The highest BCUT2D eigenvalue weighted by atomic mass is 35.5. The van der Waals surface area contributed by atoms with Crippen LogP contribution in [0.5, 0.6) is 5.75 Å². The monoisotopic (exact) mass is 371 g/mol. The number of halogens is 1. The number of anilines is 1. The number of thiophene rings is 1. The quantitative estimate of drug-likeness (QED) is 0.626. The number of para-hydroxylation sites is 2. The Balaban J connectivity index is 1.70. The molecule has 3 rings (SSSR count). The first-order valence-electron chi connectivity index (χ1n) is 7.50. The first kappa shape index (κ1) is 17.2. The predicted octanol–water partition coefficient (Wildman–Crippen LogP) is 4.92. The van der Waals surface area contributed by atoms with Gasteiger partial charge in [0.1, 0.15) is 5.75 Å². The van der Waals surface area contributed by atoms with Crippen LogP contribution in [0.15, 0.2) is 66.7 Å². The van der Waals surface area contributed by atoms with Crippen LogP contribution in [0.25, 0.3) is 0 Å². The fourth-order valence-corrected chi connectivity index (χ4v) is 3.15. The molecule has 0 aliphatic rings. The number of ether oxygens (including phenoxy) is 1. The van der Waals surface area contributed by atoms with Crippen molar-refractivity contribution in [3.8, 4) is 5.75 Å². The molecule has 0 aliphatic carbocycles. The first-order chi connectivity index (χ1) is 12.1. The lowest BCUT2D eigenvalue weighted by molar-refractivity contribution is 0.0918. The van der Waals surface area contributed by atoms with Gasteiger partial charge in [-0.3, -0.25) is 9.59 Å². The lowest BCUT2D eigenvalue weighted by Crippen LogP contribution is -2.16. The molecule has 126 valence electrons. The SMILES string of the molecule is O=C(COc1ccccc1C(=O)Nc1ccccc1)c1ccc(Cl)s1. The number of nitrogens with one attached hydrogen (secondary N) is 1. The minimum Gasteiger partial charge on any atom is -0.485 e. The van der Waals surface area contributed by atoms with Gasteiger partial charge in [-0.1, -0.05) is 41.9 Å². The molecule has 0 spiro atoms. The Kier molecular flexibility index (Phi) is 5.48. The minimum atomic E-state index is -0.298. The van der Waals surface area contributed by atoms with Crippen LogP contribution in [0.3, 0.4) is 0 Å². The Morgan fingerprint density at radius 1 is 0.960 bits per heavy atom. The molecule has 0 fully saturated rings. The molecule has 3 aromatic rings. The van der Waals surface area contributed by atoms with E-state index in [0.717, 1.165) is 0 Å². The van der Waals surface area contributed by atoms with E-state index in [1.54, 1.807) is 48.5 Å². The highest BCUT2D eigenvalue weighted by molar-refractivity contribution is 7.18. The molecule has 4 nitrogen and oxygen atoms in total. The number of carbonyl (C=O) groups excluding carboxylic acids is 2. The third-order valence-electron chi connectivity index (χ3n) is 3.37. The molecule has 0 bridgehead atoms. The Labute approximate surface area is 154 Å². The summed E-state index contributed by atoms with van der Waals surface area (Å²) in [6.07, 6.45) is 0. The number of Topliss-reactive ketones (excluding diaryl/α,β-unsaturated/α-hetero) is 1. The second-order valence-electron chi connectivity index (χ2n) is 5.13. The van der Waals surface area contributed by atoms with Crippen LogP contribution >= 0.6 is 22.9 Å². The van der Waals surface area contributed by atoms with Crippen molar-refractivity contribution in [1.29, 1.82) is 0 Å². The van der Waals surface area contributed by atoms with Crippen LogP contribution in [0.1, 0.15) is 20.0 Å². The van der Waals surface area contributed by atoms with Crippen LogP contribution in [-0.2, 0) is 0 Å². The zero-order valence-corrected chi connectivity index (χ0v) is 14.6. The topological polar surface area (TPSA) is 55.4 Å². The number of rotatable bonds is 6. The molecular formula is C19H14ClNO3S. The summed E-state index contributed by atoms with van der Waals surface area (Å²) >= 11 is 7.04. The molecule has 0 unspecified atom stereocenters. The Bertz CT molecular complexity index is 892. The molecular weight excluding hydrogens is 358 g/mol. The van der Waals surface area contributed by atoms with Gasteiger partial charge in [-0.15, -0.1) is 11.3 Å². The summed E-state index contributed by atoms with van der Waals surface area (Å²) in [6.45, 7) is -0.160. The summed E-state index contributed by atoms with van der Waals surface area (Å²) in [6, 6.07) is 19.3. The van der Waals surface area contributed by atoms with Gasteiger partial charge in [0.2, 0.25) is 5.78 Å². The smallest absolute Gasteiger partial charge is 0.259 e. The van der Waals surface area contributed by atoms with Gasteiger partial charge in [-0.05, 0) is 36.4 Å². The number of ketones is 1. The average Bonchev–Trinajstić information content (AvgIpc) is 3.07. The zero-order valence-electron chi connectivity index (χ0n) is 13.1. The maximum atomic E-state index is 12.5. The molecule has 2 aromatic carbocycles. The molecule has 0 aliphatic heterocycles. The Morgan fingerprint density at radius 3 is 2.40 bits per heavy atom. The van der Waals surface area contributed by atoms with Gasteiger partial charge in [-0.25, -0.2) is 0 Å². The van der Waals surface area contributed by atoms with E-state index in [2.05, 4.69) is 5.32 Å². The van der Waals surface area contributed by atoms with E-state index in [9.17, 15) is 9.59 Å². The van der Waals surface area contributed by atoms with E-state index in [1.165, 1.54) is 11.3 Å². The van der Waals surface area contributed by atoms with Gasteiger partial charge in [0.15, 0.2) is 6.61 Å². The minimum absolute atomic E-state index is 0.160. The number of hydrogen-bond donors (Lipinski definition) is 1. The number of hydrogen-bond acceptors (Lipinski definition) is 4. The molecule has 25 heavy (non-hydrogen) atoms. The first-order valence-corrected chi connectivity index (χ1v) is 8.70. The normalized spacial score (nSPS) is 10.3. The summed E-state index contributed by atoms with van der Waals surface area (Å²) in [5, 5.41) is 2.80. The number of amides is 1. The van der Waals surface area contributed by atoms with Crippen LogP contribution in [0, 0.1) is 0 Å². The maximum absolute atomic E-state index is 12.5. The van der Waals surface area contributed by atoms with E-state index in [0.29, 0.717) is 26.2 Å². The van der Waals surface area contributed by atoms with Gasteiger partial charge in [-0.2, -0.15) is 0 Å². The van der Waals surface area contributed by atoms with Crippen molar-refractivity contribution in [2.75, 3.05) is 11.9 Å². The predicted molar refractivity (Wildman–Crippen MR) is 100.0 cm³/mol. The van der Waals surface area contributed by atoms with Gasteiger partial charge >= 0.3 is 0 Å². The summed E-state index contributed by atoms with van der Waals surface area (Å²) in [4.78, 5) is 25.1. The molecule has 1 heterocycles. The summed E-state index contributed by atoms with van der Waals surface area (Å²) in [5.74, 6) is -0.129. The van der Waals surface area contributed by atoms with Crippen LogP contribution in [0.4, 0.5) is 5.69 Å². The third kappa shape index (κ3) is 4.47. The average molecular weight is 372 g/mol. The summed E-state index contributed by atoms with van der Waals surface area (Å²) in [7, 11) is 0. The van der Waals surface area contributed by atoms with Crippen molar-refractivity contribution in [1.82, 2.24) is 0 Å². The standard InChI is InChI=1S/C19H14ClNO3S/c20-18-11-10-17(25-18)15(22)12-24-16-9-5-4-8-14(16)19(23)21-13-6-2-1-3-7-13/h1-11H,12H2,(H,21,23).